The van der Waals surface area contributed by atoms with Crippen molar-refractivity contribution in [2.75, 3.05) is 44.2 Å². The van der Waals surface area contributed by atoms with Crippen molar-refractivity contribution < 1.29 is 4.79 Å². The fourth-order valence-electron chi connectivity index (χ4n) is 6.06. The summed E-state index contributed by atoms with van der Waals surface area (Å²) >= 11 is 0. The standard InChI is InChI=1S/C22H30N6O/c29-21(26-12-8-22(15-26)6-1-2-7-22)16-13-27(14-16)20-17-3-9-23-10-4-18(17)25-19-5-11-24-28(19)20/h5,11,16,23H,1-4,6-10,12-15H2. The van der Waals surface area contributed by atoms with Gasteiger partial charge in [0.25, 0.3) is 0 Å². The molecule has 7 heteroatoms. The lowest BCUT2D eigenvalue weighted by molar-refractivity contribution is -0.135. The summed E-state index contributed by atoms with van der Waals surface area (Å²) in [5.74, 6) is 1.67. The van der Waals surface area contributed by atoms with E-state index in [1.807, 2.05) is 16.8 Å². The van der Waals surface area contributed by atoms with Gasteiger partial charge in [-0.2, -0.15) is 9.61 Å². The van der Waals surface area contributed by atoms with Gasteiger partial charge >= 0.3 is 0 Å². The van der Waals surface area contributed by atoms with Crippen molar-refractivity contribution in [3.05, 3.63) is 23.5 Å². The second-order valence-corrected chi connectivity index (χ2v) is 9.53. The van der Waals surface area contributed by atoms with Gasteiger partial charge in [0.1, 0.15) is 5.82 Å². The minimum absolute atomic E-state index is 0.130. The number of carbonyl (C=O) groups is 1. The van der Waals surface area contributed by atoms with Crippen molar-refractivity contribution in [3.63, 3.8) is 0 Å². The number of nitrogens with zero attached hydrogens (tertiary/aromatic N) is 5. The van der Waals surface area contributed by atoms with E-state index in [9.17, 15) is 4.79 Å². The van der Waals surface area contributed by atoms with Gasteiger partial charge in [0, 0.05) is 50.8 Å². The summed E-state index contributed by atoms with van der Waals surface area (Å²) in [6.45, 7) is 5.53. The highest BCUT2D eigenvalue weighted by Crippen LogP contribution is 2.46. The van der Waals surface area contributed by atoms with E-state index in [0.29, 0.717) is 11.3 Å². The van der Waals surface area contributed by atoms with E-state index >= 15 is 0 Å². The van der Waals surface area contributed by atoms with Gasteiger partial charge in [-0.1, -0.05) is 12.8 Å². The molecule has 2 aromatic rings. The predicted molar refractivity (Wildman–Crippen MR) is 111 cm³/mol. The first-order valence-corrected chi connectivity index (χ1v) is 11.3. The van der Waals surface area contributed by atoms with Crippen LogP contribution in [0.1, 0.15) is 43.4 Å². The van der Waals surface area contributed by atoms with E-state index < -0.39 is 0 Å². The zero-order chi connectivity index (χ0) is 19.4. The molecule has 7 nitrogen and oxygen atoms in total. The van der Waals surface area contributed by atoms with Gasteiger partial charge in [-0.15, -0.1) is 0 Å². The van der Waals surface area contributed by atoms with Gasteiger partial charge in [-0.3, -0.25) is 4.79 Å². The number of nitrogens with one attached hydrogen (secondary N) is 1. The first kappa shape index (κ1) is 17.7. The quantitative estimate of drug-likeness (QED) is 0.839. The molecule has 4 aliphatic rings. The Morgan fingerprint density at radius 3 is 2.83 bits per heavy atom. The normalized spacial score (nSPS) is 24.1. The number of rotatable bonds is 2. The molecule has 1 aliphatic carbocycles. The highest BCUT2D eigenvalue weighted by atomic mass is 16.2. The molecule has 1 N–H and O–H groups in total. The van der Waals surface area contributed by atoms with Gasteiger partial charge < -0.3 is 15.1 Å². The molecule has 1 amide bonds. The smallest absolute Gasteiger partial charge is 0.229 e. The average Bonchev–Trinajstić information content (AvgIpc) is 3.40. The molecule has 2 saturated heterocycles. The summed E-state index contributed by atoms with van der Waals surface area (Å²) in [6.07, 6.45) is 10.3. The minimum Gasteiger partial charge on any atom is -0.354 e. The SMILES string of the molecule is O=C(C1CN(c2c3c(nc4ccnn24)CCNCC3)C1)N1CCC2(CCCC2)C1. The molecule has 0 radical (unpaired) electrons. The molecule has 2 aromatic heterocycles. The Morgan fingerprint density at radius 1 is 1.14 bits per heavy atom. The molecule has 0 bridgehead atoms. The minimum atomic E-state index is 0.130. The summed E-state index contributed by atoms with van der Waals surface area (Å²) in [5, 5.41) is 8.03. The second-order valence-electron chi connectivity index (χ2n) is 9.53. The van der Waals surface area contributed by atoms with Crippen LogP contribution in [0.25, 0.3) is 5.65 Å². The van der Waals surface area contributed by atoms with Crippen LogP contribution in [0.3, 0.4) is 0 Å². The van der Waals surface area contributed by atoms with Crippen LogP contribution >= 0.6 is 0 Å². The molecule has 29 heavy (non-hydrogen) atoms. The van der Waals surface area contributed by atoms with E-state index in [-0.39, 0.29) is 5.92 Å². The van der Waals surface area contributed by atoms with Gasteiger partial charge in [0.2, 0.25) is 5.91 Å². The Bertz CT molecular complexity index is 940. The van der Waals surface area contributed by atoms with Crippen LogP contribution in [0.2, 0.25) is 0 Å². The third-order valence-electron chi connectivity index (χ3n) is 7.73. The largest absolute Gasteiger partial charge is 0.354 e. The van der Waals surface area contributed by atoms with Gasteiger partial charge in [0.05, 0.1) is 17.8 Å². The van der Waals surface area contributed by atoms with Crippen molar-refractivity contribution in [1.82, 2.24) is 24.8 Å². The molecule has 3 fully saturated rings. The molecule has 5 heterocycles. The van der Waals surface area contributed by atoms with Crippen LogP contribution in [-0.4, -0.2) is 64.7 Å². The molecular formula is C22H30N6O. The molecule has 154 valence electrons. The molecule has 1 saturated carbocycles. The summed E-state index contributed by atoms with van der Waals surface area (Å²) in [4.78, 5) is 22.5. The third-order valence-corrected chi connectivity index (χ3v) is 7.73. The maximum Gasteiger partial charge on any atom is 0.229 e. The Morgan fingerprint density at radius 2 is 1.97 bits per heavy atom. The zero-order valence-corrected chi connectivity index (χ0v) is 17.1. The fraction of sp³-hybridized carbons (Fsp3) is 0.682. The third kappa shape index (κ3) is 2.85. The lowest BCUT2D eigenvalue weighted by Gasteiger charge is -2.42. The van der Waals surface area contributed by atoms with Crippen LogP contribution in [0.15, 0.2) is 12.3 Å². The maximum absolute atomic E-state index is 13.2. The second kappa shape index (κ2) is 6.69. The zero-order valence-electron chi connectivity index (χ0n) is 17.1. The highest BCUT2D eigenvalue weighted by Gasteiger charge is 2.45. The number of carbonyl (C=O) groups excluding carboxylic acids is 1. The van der Waals surface area contributed by atoms with Gasteiger partial charge in [0.15, 0.2) is 5.65 Å². The Kier molecular flexibility index (Phi) is 4.08. The van der Waals surface area contributed by atoms with E-state index in [1.165, 1.54) is 43.4 Å². The topological polar surface area (TPSA) is 65.8 Å². The molecule has 0 atom stereocenters. The lowest BCUT2D eigenvalue weighted by atomic mass is 9.85. The average molecular weight is 395 g/mol. The number of aromatic nitrogens is 3. The van der Waals surface area contributed by atoms with Crippen molar-refractivity contribution >= 4 is 17.4 Å². The fourth-order valence-corrected chi connectivity index (χ4v) is 6.06. The van der Waals surface area contributed by atoms with E-state index in [2.05, 4.69) is 20.2 Å². The summed E-state index contributed by atoms with van der Waals surface area (Å²) in [5.41, 5.74) is 3.87. The first-order valence-electron chi connectivity index (χ1n) is 11.3. The van der Waals surface area contributed by atoms with Crippen LogP contribution < -0.4 is 10.2 Å². The number of amides is 1. The molecule has 6 rings (SSSR count). The van der Waals surface area contributed by atoms with Crippen molar-refractivity contribution in [3.8, 4) is 0 Å². The number of hydrogen-bond donors (Lipinski definition) is 1. The van der Waals surface area contributed by atoms with Crippen LogP contribution in [0, 0.1) is 11.3 Å². The Balaban J connectivity index is 1.21. The van der Waals surface area contributed by atoms with E-state index in [0.717, 1.165) is 63.6 Å². The summed E-state index contributed by atoms with van der Waals surface area (Å²) < 4.78 is 1.98. The van der Waals surface area contributed by atoms with Gasteiger partial charge in [-0.25, -0.2) is 4.98 Å². The number of anilines is 1. The Hall–Kier alpha value is -2.15. The molecule has 3 aliphatic heterocycles. The van der Waals surface area contributed by atoms with Crippen LogP contribution in [-0.2, 0) is 17.6 Å². The molecule has 0 aromatic carbocycles. The van der Waals surface area contributed by atoms with Crippen LogP contribution in [0.5, 0.6) is 0 Å². The lowest BCUT2D eigenvalue weighted by Crippen LogP contribution is -2.55. The molecule has 0 unspecified atom stereocenters. The monoisotopic (exact) mass is 394 g/mol. The van der Waals surface area contributed by atoms with E-state index in [4.69, 9.17) is 4.98 Å². The molecular weight excluding hydrogens is 364 g/mol. The first-order chi connectivity index (χ1) is 14.2. The van der Waals surface area contributed by atoms with Crippen molar-refractivity contribution in [1.29, 1.82) is 0 Å². The van der Waals surface area contributed by atoms with Gasteiger partial charge in [-0.05, 0) is 37.6 Å². The Labute approximate surface area is 171 Å². The summed E-state index contributed by atoms with van der Waals surface area (Å²) in [7, 11) is 0. The summed E-state index contributed by atoms with van der Waals surface area (Å²) in [6, 6.07) is 1.98. The maximum atomic E-state index is 13.2. The van der Waals surface area contributed by atoms with E-state index in [1.54, 1.807) is 0 Å². The van der Waals surface area contributed by atoms with Crippen LogP contribution in [0.4, 0.5) is 5.82 Å². The number of likely N-dealkylation sites (tertiary alicyclic amines) is 1. The molecule has 1 spiro atoms. The van der Waals surface area contributed by atoms with Crippen molar-refractivity contribution in [2.24, 2.45) is 11.3 Å². The number of hydrogen-bond acceptors (Lipinski definition) is 5. The predicted octanol–water partition coefficient (Wildman–Crippen LogP) is 1.65. The van der Waals surface area contributed by atoms with Crippen molar-refractivity contribution in [2.45, 2.75) is 44.9 Å². The number of fused-ring (bicyclic) bond motifs is 2. The highest BCUT2D eigenvalue weighted by molar-refractivity contribution is 5.82.